The van der Waals surface area contributed by atoms with Crippen LogP contribution in [0.25, 0.3) is 10.8 Å². The lowest BCUT2D eigenvalue weighted by Gasteiger charge is -2.09. The number of anilines is 1. The highest BCUT2D eigenvalue weighted by atomic mass is 32.2. The summed E-state index contributed by atoms with van der Waals surface area (Å²) in [6.07, 6.45) is 6.97. The largest absolute Gasteiger partial charge is 0.306 e. The van der Waals surface area contributed by atoms with Gasteiger partial charge in [0, 0.05) is 35.9 Å². The normalized spacial score (nSPS) is 10.7. The standard InChI is InChI=1S/C21H16N4OS/c26-20(25-19-12-16-4-1-2-5-17(16)13-24-19)18-6-3-9-23-21(18)27-14-15-7-10-22-11-8-15/h1-13H,14H2,(H,24,25,26). The molecule has 0 atom stereocenters. The Labute approximate surface area is 160 Å². The summed E-state index contributed by atoms with van der Waals surface area (Å²) >= 11 is 1.52. The van der Waals surface area contributed by atoms with E-state index < -0.39 is 0 Å². The van der Waals surface area contributed by atoms with Gasteiger partial charge in [-0.05, 0) is 41.3 Å². The van der Waals surface area contributed by atoms with Gasteiger partial charge >= 0.3 is 0 Å². The van der Waals surface area contributed by atoms with Crippen LogP contribution < -0.4 is 5.32 Å². The Morgan fingerprint density at radius 1 is 0.926 bits per heavy atom. The summed E-state index contributed by atoms with van der Waals surface area (Å²) in [4.78, 5) is 25.5. The molecule has 0 aliphatic rings. The van der Waals surface area contributed by atoms with Crippen molar-refractivity contribution in [3.63, 3.8) is 0 Å². The maximum atomic E-state index is 12.8. The number of pyridine rings is 3. The van der Waals surface area contributed by atoms with Gasteiger partial charge in [-0.2, -0.15) is 0 Å². The van der Waals surface area contributed by atoms with E-state index in [2.05, 4.69) is 20.3 Å². The smallest absolute Gasteiger partial charge is 0.259 e. The van der Waals surface area contributed by atoms with Crippen molar-refractivity contribution >= 4 is 34.3 Å². The lowest BCUT2D eigenvalue weighted by atomic mass is 10.2. The number of carbonyl (C=O) groups is 1. The molecule has 0 aliphatic carbocycles. The summed E-state index contributed by atoms with van der Waals surface area (Å²) in [5, 5.41) is 5.62. The molecule has 0 fully saturated rings. The third-order valence-electron chi connectivity index (χ3n) is 4.01. The molecular weight excluding hydrogens is 356 g/mol. The first-order chi connectivity index (χ1) is 13.3. The van der Waals surface area contributed by atoms with E-state index in [0.29, 0.717) is 22.2 Å². The molecule has 1 aromatic carbocycles. The third kappa shape index (κ3) is 4.12. The number of thioether (sulfide) groups is 1. The Morgan fingerprint density at radius 3 is 2.59 bits per heavy atom. The molecule has 0 bridgehead atoms. The Morgan fingerprint density at radius 2 is 1.74 bits per heavy atom. The lowest BCUT2D eigenvalue weighted by Crippen LogP contribution is -2.14. The molecule has 0 saturated heterocycles. The van der Waals surface area contributed by atoms with Crippen molar-refractivity contribution in [1.29, 1.82) is 0 Å². The van der Waals surface area contributed by atoms with E-state index in [0.717, 1.165) is 16.3 Å². The number of aromatic nitrogens is 3. The second-order valence-corrected chi connectivity index (χ2v) is 6.84. The molecule has 3 heterocycles. The highest BCUT2D eigenvalue weighted by molar-refractivity contribution is 7.98. The van der Waals surface area contributed by atoms with E-state index >= 15 is 0 Å². The van der Waals surface area contributed by atoms with E-state index in [-0.39, 0.29) is 5.91 Å². The number of benzene rings is 1. The molecule has 0 unspecified atom stereocenters. The zero-order valence-electron chi connectivity index (χ0n) is 14.4. The van der Waals surface area contributed by atoms with Gasteiger partial charge < -0.3 is 5.32 Å². The fourth-order valence-electron chi connectivity index (χ4n) is 2.64. The zero-order chi connectivity index (χ0) is 18.5. The van der Waals surface area contributed by atoms with Crippen LogP contribution in [0.4, 0.5) is 5.82 Å². The molecule has 0 spiro atoms. The van der Waals surface area contributed by atoms with Crippen molar-refractivity contribution in [3.05, 3.63) is 90.5 Å². The summed E-state index contributed by atoms with van der Waals surface area (Å²) in [6.45, 7) is 0. The van der Waals surface area contributed by atoms with Gasteiger partial charge in [-0.1, -0.05) is 24.3 Å². The van der Waals surface area contributed by atoms with E-state index in [4.69, 9.17) is 0 Å². The number of amides is 1. The van der Waals surface area contributed by atoms with Crippen LogP contribution in [-0.2, 0) is 5.75 Å². The zero-order valence-corrected chi connectivity index (χ0v) is 15.2. The molecule has 4 aromatic rings. The number of nitrogens with zero attached hydrogens (tertiary/aromatic N) is 3. The monoisotopic (exact) mass is 372 g/mol. The number of rotatable bonds is 5. The topological polar surface area (TPSA) is 67.8 Å². The van der Waals surface area contributed by atoms with Crippen molar-refractivity contribution in [2.75, 3.05) is 5.32 Å². The van der Waals surface area contributed by atoms with Gasteiger partial charge in [0.1, 0.15) is 10.8 Å². The van der Waals surface area contributed by atoms with Gasteiger partial charge in [0.05, 0.1) is 5.56 Å². The number of hydrogen-bond acceptors (Lipinski definition) is 5. The summed E-state index contributed by atoms with van der Waals surface area (Å²) in [7, 11) is 0. The summed E-state index contributed by atoms with van der Waals surface area (Å²) in [5.41, 5.74) is 1.66. The number of fused-ring (bicyclic) bond motifs is 1. The first kappa shape index (κ1) is 17.2. The minimum atomic E-state index is -0.219. The Kier molecular flexibility index (Phi) is 5.07. The number of carbonyl (C=O) groups excluding carboxylic acids is 1. The van der Waals surface area contributed by atoms with E-state index in [1.54, 1.807) is 36.9 Å². The first-order valence-corrected chi connectivity index (χ1v) is 9.41. The van der Waals surface area contributed by atoms with Gasteiger partial charge in [0.2, 0.25) is 0 Å². The molecule has 0 aliphatic heterocycles. The van der Waals surface area contributed by atoms with Gasteiger partial charge in [0.15, 0.2) is 0 Å². The van der Waals surface area contributed by atoms with Crippen LogP contribution in [0.2, 0.25) is 0 Å². The lowest BCUT2D eigenvalue weighted by molar-refractivity contribution is 0.102. The number of hydrogen-bond donors (Lipinski definition) is 1. The molecule has 5 nitrogen and oxygen atoms in total. The fraction of sp³-hybridized carbons (Fsp3) is 0.0476. The van der Waals surface area contributed by atoms with Gasteiger partial charge in [-0.3, -0.25) is 9.78 Å². The second-order valence-electron chi connectivity index (χ2n) is 5.87. The predicted molar refractivity (Wildman–Crippen MR) is 108 cm³/mol. The Balaban J connectivity index is 1.52. The van der Waals surface area contributed by atoms with Crippen molar-refractivity contribution in [3.8, 4) is 0 Å². The van der Waals surface area contributed by atoms with Crippen molar-refractivity contribution in [1.82, 2.24) is 15.0 Å². The number of nitrogens with one attached hydrogen (secondary N) is 1. The van der Waals surface area contributed by atoms with Crippen LogP contribution in [-0.4, -0.2) is 20.9 Å². The summed E-state index contributed by atoms with van der Waals surface area (Å²) in [5.74, 6) is 1.02. The van der Waals surface area contributed by atoms with Crippen molar-refractivity contribution in [2.24, 2.45) is 0 Å². The van der Waals surface area contributed by atoms with E-state index in [1.807, 2.05) is 42.5 Å². The minimum Gasteiger partial charge on any atom is -0.306 e. The minimum absolute atomic E-state index is 0.219. The van der Waals surface area contributed by atoms with E-state index in [9.17, 15) is 4.79 Å². The highest BCUT2D eigenvalue weighted by Gasteiger charge is 2.14. The fourth-order valence-corrected chi connectivity index (χ4v) is 3.59. The molecule has 1 amide bonds. The van der Waals surface area contributed by atoms with E-state index in [1.165, 1.54) is 11.8 Å². The second kappa shape index (κ2) is 7.97. The molecule has 0 saturated carbocycles. The molecule has 3 aromatic heterocycles. The average molecular weight is 372 g/mol. The SMILES string of the molecule is O=C(Nc1cc2ccccc2cn1)c1cccnc1SCc1ccncc1. The van der Waals surface area contributed by atoms with Gasteiger partial charge in [-0.15, -0.1) is 11.8 Å². The van der Waals surface area contributed by atoms with Gasteiger partial charge in [0.25, 0.3) is 5.91 Å². The summed E-state index contributed by atoms with van der Waals surface area (Å²) < 4.78 is 0. The van der Waals surface area contributed by atoms with Gasteiger partial charge in [-0.25, -0.2) is 9.97 Å². The maximum Gasteiger partial charge on any atom is 0.259 e. The van der Waals surface area contributed by atoms with Crippen LogP contribution in [0.1, 0.15) is 15.9 Å². The van der Waals surface area contributed by atoms with Crippen LogP contribution in [0, 0.1) is 0 Å². The molecule has 27 heavy (non-hydrogen) atoms. The summed E-state index contributed by atoms with van der Waals surface area (Å²) in [6, 6.07) is 17.2. The van der Waals surface area contributed by atoms with Crippen LogP contribution in [0.3, 0.4) is 0 Å². The van der Waals surface area contributed by atoms with Crippen molar-refractivity contribution in [2.45, 2.75) is 10.8 Å². The van der Waals surface area contributed by atoms with Crippen molar-refractivity contribution < 1.29 is 4.79 Å². The van der Waals surface area contributed by atoms with Crippen LogP contribution in [0.15, 0.2) is 84.4 Å². The molecular formula is C21H16N4OS. The quantitative estimate of drug-likeness (QED) is 0.520. The molecule has 4 rings (SSSR count). The maximum absolute atomic E-state index is 12.8. The highest BCUT2D eigenvalue weighted by Crippen LogP contribution is 2.25. The van der Waals surface area contributed by atoms with Crippen LogP contribution >= 0.6 is 11.8 Å². The molecule has 0 radical (unpaired) electrons. The average Bonchev–Trinajstić information content (AvgIpc) is 2.73. The Hall–Kier alpha value is -3.25. The first-order valence-electron chi connectivity index (χ1n) is 8.42. The molecule has 6 heteroatoms. The predicted octanol–water partition coefficient (Wildman–Crippen LogP) is 4.57. The molecule has 132 valence electrons. The molecule has 1 N–H and O–H groups in total. The van der Waals surface area contributed by atoms with Crippen LogP contribution in [0.5, 0.6) is 0 Å². The Bertz CT molecular complexity index is 1090. The third-order valence-corrected chi connectivity index (χ3v) is 5.09.